The summed E-state index contributed by atoms with van der Waals surface area (Å²) in [7, 11) is -2.90. The molecule has 9 aromatic carbocycles. The van der Waals surface area contributed by atoms with E-state index in [1.807, 2.05) is 6.07 Å². The fraction of sp³-hybridized carbons (Fsp3) is 0. The second-order valence-electron chi connectivity index (χ2n) is 14.8. The summed E-state index contributed by atoms with van der Waals surface area (Å²) >= 11 is 0. The van der Waals surface area contributed by atoms with Gasteiger partial charge in [-0.3, -0.25) is 0 Å². The third kappa shape index (κ3) is 5.31. The van der Waals surface area contributed by atoms with Crippen molar-refractivity contribution in [3.05, 3.63) is 224 Å². The molecule has 0 aliphatic rings. The van der Waals surface area contributed by atoms with Crippen LogP contribution in [-0.4, -0.2) is 12.6 Å². The number of rotatable bonds is 7. The van der Waals surface area contributed by atoms with Crippen LogP contribution in [0.2, 0.25) is 0 Å². The maximum absolute atomic E-state index is 6.58. The van der Waals surface area contributed by atoms with Crippen molar-refractivity contribution < 1.29 is 4.42 Å². The molecule has 0 unspecified atom stereocenters. The summed E-state index contributed by atoms with van der Waals surface area (Å²) in [4.78, 5) is 0. The highest BCUT2D eigenvalue weighted by Gasteiger charge is 2.41. The molecule has 0 radical (unpaired) electrons. The summed E-state index contributed by atoms with van der Waals surface area (Å²) in [5.41, 5.74) is 10.0. The molecule has 0 N–H and O–H groups in total. The third-order valence-corrected chi connectivity index (χ3v) is 16.5. The van der Waals surface area contributed by atoms with E-state index in [0.717, 1.165) is 38.8 Å². The fourth-order valence-electron chi connectivity index (χ4n) is 9.23. The largest absolute Gasteiger partial charge is 0.455 e. The minimum Gasteiger partial charge on any atom is -0.455 e. The van der Waals surface area contributed by atoms with Gasteiger partial charge in [-0.25, -0.2) is 0 Å². The lowest BCUT2D eigenvalue weighted by atomic mass is 10.0. The number of hydrogen-bond acceptors (Lipinski definition) is 1. The monoisotopic (exact) mass is 743 g/mol. The maximum Gasteiger partial charge on any atom is 0.179 e. The van der Waals surface area contributed by atoms with Crippen molar-refractivity contribution in [1.29, 1.82) is 0 Å². The molecule has 2 nitrogen and oxygen atoms in total. The Labute approximate surface area is 332 Å². The summed E-state index contributed by atoms with van der Waals surface area (Å²) in [6.07, 6.45) is 0. The molecule has 3 heteroatoms. The molecule has 0 saturated carbocycles. The molecule has 0 saturated heterocycles. The highest BCUT2D eigenvalue weighted by molar-refractivity contribution is 7.20. The average Bonchev–Trinajstić information content (AvgIpc) is 3.84. The molecule has 57 heavy (non-hydrogen) atoms. The number of fused-ring (bicyclic) bond motifs is 6. The van der Waals surface area contributed by atoms with Crippen LogP contribution in [0.3, 0.4) is 0 Å². The molecule has 2 heterocycles. The van der Waals surface area contributed by atoms with Crippen LogP contribution in [0, 0.1) is 0 Å². The van der Waals surface area contributed by atoms with Gasteiger partial charge in [0, 0.05) is 32.8 Å². The zero-order valence-electron chi connectivity index (χ0n) is 31.2. The second kappa shape index (κ2) is 13.5. The Morgan fingerprint density at radius 1 is 0.333 bits per heavy atom. The van der Waals surface area contributed by atoms with Gasteiger partial charge in [-0.1, -0.05) is 194 Å². The van der Waals surface area contributed by atoms with E-state index in [2.05, 4.69) is 223 Å². The molecule has 268 valence electrons. The van der Waals surface area contributed by atoms with Gasteiger partial charge < -0.3 is 8.98 Å². The minimum absolute atomic E-state index is 0.910. The zero-order valence-corrected chi connectivity index (χ0v) is 32.2. The summed E-state index contributed by atoms with van der Waals surface area (Å²) in [6.45, 7) is 0. The number of hydrogen-bond donors (Lipinski definition) is 0. The van der Waals surface area contributed by atoms with Crippen molar-refractivity contribution in [1.82, 2.24) is 4.57 Å². The van der Waals surface area contributed by atoms with E-state index < -0.39 is 8.07 Å². The van der Waals surface area contributed by atoms with E-state index in [-0.39, 0.29) is 0 Å². The third-order valence-electron chi connectivity index (χ3n) is 11.7. The standard InChI is InChI=1S/C54H37NOSi/c1-3-21-42(22-4-1)57(43-23-5-2-6-24-43,45-26-15-19-40(37-45)46-30-16-31-50-49-29-9-12-34-53(49)56-54(46)50)44-25-14-18-39(36-44)38-17-13-20-41(35-38)55-51-32-10-7-27-47(51)48-28-8-11-33-52(48)55/h1-37H. The normalized spacial score (nSPS) is 11.9. The van der Waals surface area contributed by atoms with Crippen LogP contribution in [0.4, 0.5) is 0 Å². The predicted octanol–water partition coefficient (Wildman–Crippen LogP) is 11.4. The summed E-state index contributed by atoms with van der Waals surface area (Å²) in [5, 5.41) is 10.1. The quantitative estimate of drug-likeness (QED) is 0.117. The Balaban J connectivity index is 1.12. The van der Waals surface area contributed by atoms with Gasteiger partial charge in [0.2, 0.25) is 0 Å². The van der Waals surface area contributed by atoms with Gasteiger partial charge in [-0.2, -0.15) is 0 Å². The van der Waals surface area contributed by atoms with Crippen LogP contribution in [0.15, 0.2) is 229 Å². The van der Waals surface area contributed by atoms with Crippen LogP contribution >= 0.6 is 0 Å². The van der Waals surface area contributed by atoms with Gasteiger partial charge in [0.15, 0.2) is 8.07 Å². The van der Waals surface area contributed by atoms with Gasteiger partial charge in [0.1, 0.15) is 11.2 Å². The van der Waals surface area contributed by atoms with E-state index in [4.69, 9.17) is 4.42 Å². The van der Waals surface area contributed by atoms with E-state index in [0.29, 0.717) is 0 Å². The molecule has 0 aliphatic heterocycles. The lowest BCUT2D eigenvalue weighted by Gasteiger charge is -2.35. The first-order valence-corrected chi connectivity index (χ1v) is 21.6. The van der Waals surface area contributed by atoms with Gasteiger partial charge in [0.05, 0.1) is 11.0 Å². The van der Waals surface area contributed by atoms with Crippen LogP contribution in [-0.2, 0) is 0 Å². The van der Waals surface area contributed by atoms with Crippen LogP contribution in [0.25, 0.3) is 71.7 Å². The van der Waals surface area contributed by atoms with Gasteiger partial charge in [0.25, 0.3) is 0 Å². The highest BCUT2D eigenvalue weighted by atomic mass is 28.3. The van der Waals surface area contributed by atoms with Crippen molar-refractivity contribution in [3.63, 3.8) is 0 Å². The van der Waals surface area contributed by atoms with Gasteiger partial charge in [-0.05, 0) is 67.8 Å². The number of benzene rings is 9. The average molecular weight is 744 g/mol. The minimum atomic E-state index is -2.90. The molecule has 0 aliphatic carbocycles. The Morgan fingerprint density at radius 3 is 1.47 bits per heavy atom. The summed E-state index contributed by atoms with van der Waals surface area (Å²) in [5.74, 6) is 0. The molecule has 0 amide bonds. The number of para-hydroxylation sites is 4. The molecule has 11 rings (SSSR count). The molecule has 0 bridgehead atoms. The fourth-order valence-corrected chi connectivity index (χ4v) is 14.0. The lowest BCUT2D eigenvalue weighted by molar-refractivity contribution is 0.670. The highest BCUT2D eigenvalue weighted by Crippen LogP contribution is 2.36. The Bertz CT molecular complexity index is 3160. The molecule has 11 aromatic rings. The lowest BCUT2D eigenvalue weighted by Crippen LogP contribution is -2.74. The SMILES string of the molecule is c1ccc([Si](c2ccccc2)(c2cccc(-c3cccc(-n4c5ccccc5c5ccccc54)c3)c2)c2cccc(-c3cccc4c3oc3ccccc34)c2)cc1. The van der Waals surface area contributed by atoms with E-state index in [1.54, 1.807) is 0 Å². The number of furan rings is 1. The molecule has 2 aromatic heterocycles. The maximum atomic E-state index is 6.58. The van der Waals surface area contributed by atoms with Crippen molar-refractivity contribution in [3.8, 4) is 27.9 Å². The van der Waals surface area contributed by atoms with Crippen LogP contribution in [0.1, 0.15) is 0 Å². The molecule has 0 spiro atoms. The van der Waals surface area contributed by atoms with Crippen molar-refractivity contribution >= 4 is 72.6 Å². The first kappa shape index (κ1) is 33.2. The Morgan fingerprint density at radius 2 is 0.807 bits per heavy atom. The Kier molecular flexibility index (Phi) is 7.87. The smallest absolute Gasteiger partial charge is 0.179 e. The van der Waals surface area contributed by atoms with E-state index in [9.17, 15) is 0 Å². The van der Waals surface area contributed by atoms with Crippen molar-refractivity contribution in [2.45, 2.75) is 0 Å². The molecular formula is C54H37NOSi. The summed E-state index contributed by atoms with van der Waals surface area (Å²) in [6, 6.07) is 82.3. The van der Waals surface area contributed by atoms with Crippen molar-refractivity contribution in [2.24, 2.45) is 0 Å². The Hall–Kier alpha value is -7.20. The number of nitrogens with zero attached hydrogens (tertiary/aromatic N) is 1. The van der Waals surface area contributed by atoms with Gasteiger partial charge >= 0.3 is 0 Å². The first-order chi connectivity index (χ1) is 28.3. The van der Waals surface area contributed by atoms with Gasteiger partial charge in [-0.15, -0.1) is 0 Å². The molecular weight excluding hydrogens is 707 g/mol. The predicted molar refractivity (Wildman–Crippen MR) is 243 cm³/mol. The summed E-state index contributed by atoms with van der Waals surface area (Å²) < 4.78 is 8.98. The number of aromatic nitrogens is 1. The molecule has 0 fully saturated rings. The zero-order chi connectivity index (χ0) is 37.8. The van der Waals surface area contributed by atoms with Crippen LogP contribution in [0.5, 0.6) is 0 Å². The van der Waals surface area contributed by atoms with Crippen LogP contribution < -0.4 is 20.7 Å². The topological polar surface area (TPSA) is 18.1 Å². The molecule has 0 atom stereocenters. The van der Waals surface area contributed by atoms with E-state index in [1.165, 1.54) is 53.7 Å². The first-order valence-electron chi connectivity index (χ1n) is 19.6. The van der Waals surface area contributed by atoms with Crippen molar-refractivity contribution in [2.75, 3.05) is 0 Å². The second-order valence-corrected chi connectivity index (χ2v) is 18.7. The van der Waals surface area contributed by atoms with E-state index >= 15 is 0 Å².